The highest BCUT2D eigenvalue weighted by Crippen LogP contribution is 2.14. The summed E-state index contributed by atoms with van der Waals surface area (Å²) in [5, 5.41) is 3.29. The highest BCUT2D eigenvalue weighted by atomic mass is 16.2. The number of anilines is 1. The molecule has 1 aliphatic heterocycles. The Hall–Kier alpha value is -1.55. The van der Waals surface area contributed by atoms with E-state index >= 15 is 0 Å². The van der Waals surface area contributed by atoms with Crippen LogP contribution in [0.2, 0.25) is 0 Å². The molecule has 0 spiro atoms. The predicted molar refractivity (Wildman–Crippen MR) is 87.6 cm³/mol. The van der Waals surface area contributed by atoms with Crippen molar-refractivity contribution in [2.75, 3.05) is 38.1 Å². The number of benzene rings is 1. The summed E-state index contributed by atoms with van der Waals surface area (Å²) in [6.45, 7) is 5.66. The van der Waals surface area contributed by atoms with Crippen molar-refractivity contribution in [3.8, 4) is 0 Å². The van der Waals surface area contributed by atoms with E-state index in [-0.39, 0.29) is 11.9 Å². The van der Waals surface area contributed by atoms with E-state index in [0.29, 0.717) is 0 Å². The van der Waals surface area contributed by atoms with Crippen molar-refractivity contribution in [3.05, 3.63) is 30.3 Å². The summed E-state index contributed by atoms with van der Waals surface area (Å²) >= 11 is 0. The van der Waals surface area contributed by atoms with Crippen molar-refractivity contribution in [1.82, 2.24) is 10.2 Å². The molecule has 116 valence electrons. The van der Waals surface area contributed by atoms with Gasteiger partial charge in [0.2, 0.25) is 5.91 Å². The van der Waals surface area contributed by atoms with Crippen LogP contribution in [0.4, 0.5) is 5.69 Å². The van der Waals surface area contributed by atoms with Crippen molar-refractivity contribution < 1.29 is 4.79 Å². The van der Waals surface area contributed by atoms with Crippen LogP contribution in [0.1, 0.15) is 26.2 Å². The first-order valence-corrected chi connectivity index (χ1v) is 8.00. The Bertz CT molecular complexity index is 433. The van der Waals surface area contributed by atoms with E-state index in [2.05, 4.69) is 48.5 Å². The molecule has 21 heavy (non-hydrogen) atoms. The molecule has 1 heterocycles. The Kier molecular flexibility index (Phi) is 6.05. The minimum absolute atomic E-state index is 0.0376. The number of likely N-dealkylation sites (tertiary alicyclic amines) is 1. The number of carbonyl (C=O) groups is 1. The Labute approximate surface area is 128 Å². The summed E-state index contributed by atoms with van der Waals surface area (Å²) < 4.78 is 0. The number of likely N-dealkylation sites (N-methyl/N-ethyl adjacent to an activating group) is 1. The van der Waals surface area contributed by atoms with Gasteiger partial charge in [0.1, 0.15) is 0 Å². The topological polar surface area (TPSA) is 35.6 Å². The first-order chi connectivity index (χ1) is 10.2. The lowest BCUT2D eigenvalue weighted by molar-refractivity contribution is -0.135. The molecule has 1 aliphatic rings. The number of amides is 1. The molecule has 0 bridgehead atoms. The third kappa shape index (κ3) is 4.46. The summed E-state index contributed by atoms with van der Waals surface area (Å²) in [5.41, 5.74) is 1.23. The van der Waals surface area contributed by atoms with Gasteiger partial charge in [-0.05, 0) is 37.9 Å². The average Bonchev–Trinajstić information content (AvgIpc) is 2.52. The van der Waals surface area contributed by atoms with E-state index in [1.807, 2.05) is 11.0 Å². The predicted octanol–water partition coefficient (Wildman–Crippen LogP) is 2.11. The molecule has 4 nitrogen and oxygen atoms in total. The van der Waals surface area contributed by atoms with E-state index in [9.17, 15) is 4.79 Å². The first kappa shape index (κ1) is 15.8. The van der Waals surface area contributed by atoms with Gasteiger partial charge in [0, 0.05) is 32.4 Å². The molecule has 1 unspecified atom stereocenters. The number of nitrogens with zero attached hydrogens (tertiary/aromatic N) is 2. The number of piperidine rings is 1. The Balaban J connectivity index is 1.76. The minimum atomic E-state index is 0.0376. The van der Waals surface area contributed by atoms with Gasteiger partial charge in [-0.3, -0.25) is 4.79 Å². The molecule has 4 heteroatoms. The van der Waals surface area contributed by atoms with Crippen LogP contribution in [0.3, 0.4) is 0 Å². The minimum Gasteiger partial charge on any atom is -0.375 e. The molecule has 2 rings (SSSR count). The molecule has 0 saturated carbocycles. The first-order valence-electron chi connectivity index (χ1n) is 8.00. The second-order valence-corrected chi connectivity index (χ2v) is 5.69. The van der Waals surface area contributed by atoms with Gasteiger partial charge >= 0.3 is 0 Å². The van der Waals surface area contributed by atoms with Crippen LogP contribution >= 0.6 is 0 Å². The van der Waals surface area contributed by atoms with Gasteiger partial charge in [-0.1, -0.05) is 25.1 Å². The molecule has 0 aliphatic carbocycles. The Morgan fingerprint density at radius 3 is 2.81 bits per heavy atom. The van der Waals surface area contributed by atoms with Crippen LogP contribution in [-0.4, -0.2) is 50.1 Å². The molecule has 1 amide bonds. The fourth-order valence-corrected chi connectivity index (χ4v) is 2.91. The Morgan fingerprint density at radius 2 is 2.10 bits per heavy atom. The lowest BCUT2D eigenvalue weighted by atomic mass is 10.0. The van der Waals surface area contributed by atoms with E-state index in [1.54, 1.807) is 0 Å². The number of rotatable bonds is 7. The summed E-state index contributed by atoms with van der Waals surface area (Å²) in [4.78, 5) is 16.6. The third-order valence-corrected chi connectivity index (χ3v) is 4.10. The van der Waals surface area contributed by atoms with Gasteiger partial charge in [0.25, 0.3) is 0 Å². The molecular formula is C17H27N3O. The van der Waals surface area contributed by atoms with Crippen LogP contribution < -0.4 is 10.2 Å². The number of hydrogen-bond donors (Lipinski definition) is 1. The number of para-hydroxylation sites is 1. The monoisotopic (exact) mass is 289 g/mol. The maximum atomic E-state index is 12.3. The summed E-state index contributed by atoms with van der Waals surface area (Å²) in [5.74, 6) is 0.283. The van der Waals surface area contributed by atoms with Gasteiger partial charge in [0.05, 0.1) is 6.04 Å². The van der Waals surface area contributed by atoms with E-state index < -0.39 is 0 Å². The molecule has 1 N–H and O–H groups in total. The lowest BCUT2D eigenvalue weighted by Crippen LogP contribution is -2.51. The molecule has 1 saturated heterocycles. The fraction of sp³-hybridized carbons (Fsp3) is 0.588. The second-order valence-electron chi connectivity index (χ2n) is 5.69. The molecule has 1 atom stereocenters. The smallest absolute Gasteiger partial charge is 0.239 e. The van der Waals surface area contributed by atoms with Crippen molar-refractivity contribution in [2.45, 2.75) is 32.2 Å². The highest BCUT2D eigenvalue weighted by molar-refractivity contribution is 5.82. The SMILES string of the molecule is CCNC1CCCN(CCCN(C)c2ccccc2)C1=O. The quantitative estimate of drug-likeness (QED) is 0.835. The number of nitrogens with one attached hydrogen (secondary N) is 1. The van der Waals surface area contributed by atoms with Gasteiger partial charge in [-0.15, -0.1) is 0 Å². The van der Waals surface area contributed by atoms with Crippen molar-refractivity contribution >= 4 is 11.6 Å². The summed E-state index contributed by atoms with van der Waals surface area (Å²) in [6, 6.07) is 10.4. The molecule has 1 aromatic carbocycles. The van der Waals surface area contributed by atoms with Crippen LogP contribution in [0.25, 0.3) is 0 Å². The zero-order chi connectivity index (χ0) is 15.1. The average molecular weight is 289 g/mol. The molecular weight excluding hydrogens is 262 g/mol. The molecule has 1 fully saturated rings. The number of carbonyl (C=O) groups excluding carboxylic acids is 1. The van der Waals surface area contributed by atoms with Crippen LogP contribution in [0.5, 0.6) is 0 Å². The van der Waals surface area contributed by atoms with Gasteiger partial charge in [0.15, 0.2) is 0 Å². The molecule has 0 radical (unpaired) electrons. The van der Waals surface area contributed by atoms with E-state index in [4.69, 9.17) is 0 Å². The summed E-state index contributed by atoms with van der Waals surface area (Å²) in [6.07, 6.45) is 3.10. The molecule has 0 aromatic heterocycles. The fourth-order valence-electron chi connectivity index (χ4n) is 2.91. The van der Waals surface area contributed by atoms with Gasteiger partial charge < -0.3 is 15.1 Å². The standard InChI is InChI=1S/C17H27N3O/c1-3-18-16-11-7-13-20(17(16)21)14-8-12-19(2)15-9-5-4-6-10-15/h4-6,9-10,16,18H,3,7-8,11-14H2,1-2H3. The third-order valence-electron chi connectivity index (χ3n) is 4.10. The largest absolute Gasteiger partial charge is 0.375 e. The van der Waals surface area contributed by atoms with Gasteiger partial charge in [-0.2, -0.15) is 0 Å². The second kappa shape index (κ2) is 8.03. The lowest BCUT2D eigenvalue weighted by Gasteiger charge is -2.33. The normalized spacial score (nSPS) is 18.9. The number of hydrogen-bond acceptors (Lipinski definition) is 3. The van der Waals surface area contributed by atoms with Crippen LogP contribution in [-0.2, 0) is 4.79 Å². The van der Waals surface area contributed by atoms with E-state index in [0.717, 1.165) is 45.4 Å². The van der Waals surface area contributed by atoms with Crippen molar-refractivity contribution in [3.63, 3.8) is 0 Å². The maximum Gasteiger partial charge on any atom is 0.239 e. The van der Waals surface area contributed by atoms with E-state index in [1.165, 1.54) is 5.69 Å². The molecule has 1 aromatic rings. The summed E-state index contributed by atoms with van der Waals surface area (Å²) in [7, 11) is 2.11. The van der Waals surface area contributed by atoms with Crippen molar-refractivity contribution in [1.29, 1.82) is 0 Å². The zero-order valence-corrected chi connectivity index (χ0v) is 13.2. The maximum absolute atomic E-state index is 12.3. The van der Waals surface area contributed by atoms with Gasteiger partial charge in [-0.25, -0.2) is 0 Å². The van der Waals surface area contributed by atoms with Crippen LogP contribution in [0, 0.1) is 0 Å². The van der Waals surface area contributed by atoms with Crippen LogP contribution in [0.15, 0.2) is 30.3 Å². The Morgan fingerprint density at radius 1 is 1.33 bits per heavy atom. The van der Waals surface area contributed by atoms with Crippen molar-refractivity contribution in [2.24, 2.45) is 0 Å². The highest BCUT2D eigenvalue weighted by Gasteiger charge is 2.27. The zero-order valence-electron chi connectivity index (χ0n) is 13.2.